The first-order valence-electron chi connectivity index (χ1n) is 7.63. The molecule has 0 fully saturated rings. The third-order valence-electron chi connectivity index (χ3n) is 3.12. The van der Waals surface area contributed by atoms with E-state index in [1.807, 2.05) is 28.5 Å². The molecule has 1 N–H and O–H groups in total. The van der Waals surface area contributed by atoms with Crippen molar-refractivity contribution in [3.63, 3.8) is 0 Å². The average molecular weight is 318 g/mol. The Hall–Kier alpha value is -1.95. The second-order valence-electron chi connectivity index (χ2n) is 5.04. The highest BCUT2D eigenvalue weighted by atomic mass is 32.1. The molecule has 6 heteroatoms. The fourth-order valence-corrected chi connectivity index (χ4v) is 2.88. The molecule has 5 nitrogen and oxygen atoms in total. The molecular weight excluding hydrogens is 296 g/mol. The van der Waals surface area contributed by atoms with Crippen LogP contribution >= 0.6 is 11.3 Å². The van der Waals surface area contributed by atoms with Crippen LogP contribution in [0.25, 0.3) is 0 Å². The minimum Gasteiger partial charge on any atom is -0.342 e. The number of nitrogens with zero attached hydrogens (tertiary/aromatic N) is 3. The lowest BCUT2D eigenvalue weighted by Crippen LogP contribution is -2.33. The fraction of sp³-hybridized carbons (Fsp3) is 0.438. The highest BCUT2D eigenvalue weighted by Crippen LogP contribution is 2.20. The number of anilines is 2. The standard InChI is InChI=1S/C16H22N4OS/c1-3-9-20(10-4-2)15(21)11-13-12-22-16(18-13)19-14-7-5-6-8-17-14/h5-8,12H,3-4,9-11H2,1-2H3,(H,17,18,19). The Kier molecular flexibility index (Phi) is 6.33. The molecule has 0 aliphatic carbocycles. The van der Waals surface area contributed by atoms with Gasteiger partial charge in [0.25, 0.3) is 0 Å². The quantitative estimate of drug-likeness (QED) is 0.809. The van der Waals surface area contributed by atoms with Gasteiger partial charge < -0.3 is 10.2 Å². The Labute approximate surface area is 135 Å². The lowest BCUT2D eigenvalue weighted by molar-refractivity contribution is -0.130. The number of thiazole rings is 1. The van der Waals surface area contributed by atoms with Crippen LogP contribution in [0.4, 0.5) is 10.9 Å². The molecule has 0 bridgehead atoms. The molecule has 0 spiro atoms. The zero-order valence-electron chi connectivity index (χ0n) is 13.1. The number of amides is 1. The summed E-state index contributed by atoms with van der Waals surface area (Å²) in [5, 5.41) is 5.84. The number of nitrogens with one attached hydrogen (secondary N) is 1. The summed E-state index contributed by atoms with van der Waals surface area (Å²) in [5.41, 5.74) is 0.811. The molecule has 0 radical (unpaired) electrons. The molecule has 2 rings (SSSR count). The highest BCUT2D eigenvalue weighted by molar-refractivity contribution is 7.13. The van der Waals surface area contributed by atoms with Crippen molar-refractivity contribution in [2.75, 3.05) is 18.4 Å². The first kappa shape index (κ1) is 16.4. The molecule has 0 saturated carbocycles. The van der Waals surface area contributed by atoms with Crippen molar-refractivity contribution < 1.29 is 4.79 Å². The van der Waals surface area contributed by atoms with Crippen LogP contribution in [-0.2, 0) is 11.2 Å². The van der Waals surface area contributed by atoms with Crippen molar-refractivity contribution >= 4 is 28.2 Å². The lowest BCUT2D eigenvalue weighted by atomic mass is 10.2. The van der Waals surface area contributed by atoms with Crippen molar-refractivity contribution in [3.05, 3.63) is 35.5 Å². The van der Waals surface area contributed by atoms with E-state index in [-0.39, 0.29) is 5.91 Å². The second-order valence-corrected chi connectivity index (χ2v) is 5.90. The van der Waals surface area contributed by atoms with Gasteiger partial charge in [-0.1, -0.05) is 19.9 Å². The zero-order chi connectivity index (χ0) is 15.8. The predicted molar refractivity (Wildman–Crippen MR) is 90.5 cm³/mol. The van der Waals surface area contributed by atoms with Crippen molar-refractivity contribution in [3.8, 4) is 0 Å². The summed E-state index contributed by atoms with van der Waals surface area (Å²) in [6.45, 7) is 5.81. The number of carbonyl (C=O) groups is 1. The lowest BCUT2D eigenvalue weighted by Gasteiger charge is -2.20. The summed E-state index contributed by atoms with van der Waals surface area (Å²) >= 11 is 1.49. The summed E-state index contributed by atoms with van der Waals surface area (Å²) in [4.78, 5) is 22.9. The van der Waals surface area contributed by atoms with E-state index >= 15 is 0 Å². The molecule has 2 aromatic heterocycles. The van der Waals surface area contributed by atoms with Crippen molar-refractivity contribution in [1.82, 2.24) is 14.9 Å². The van der Waals surface area contributed by atoms with Gasteiger partial charge >= 0.3 is 0 Å². The molecular formula is C16H22N4OS. The molecule has 2 heterocycles. The third-order valence-corrected chi connectivity index (χ3v) is 3.93. The molecule has 1 amide bonds. The zero-order valence-corrected chi connectivity index (χ0v) is 13.9. The fourth-order valence-electron chi connectivity index (χ4n) is 2.16. The average Bonchev–Trinajstić information content (AvgIpc) is 2.95. The summed E-state index contributed by atoms with van der Waals surface area (Å²) in [6.07, 6.45) is 4.05. The Balaban J connectivity index is 1.95. The van der Waals surface area contributed by atoms with Crippen LogP contribution < -0.4 is 5.32 Å². The summed E-state index contributed by atoms with van der Waals surface area (Å²) in [7, 11) is 0. The minimum atomic E-state index is 0.151. The van der Waals surface area contributed by atoms with Crippen LogP contribution in [0.3, 0.4) is 0 Å². The molecule has 2 aromatic rings. The van der Waals surface area contributed by atoms with E-state index in [4.69, 9.17) is 0 Å². The first-order chi connectivity index (χ1) is 10.7. The first-order valence-corrected chi connectivity index (χ1v) is 8.51. The number of carbonyl (C=O) groups excluding carboxylic acids is 1. The highest BCUT2D eigenvalue weighted by Gasteiger charge is 2.14. The van der Waals surface area contributed by atoms with Gasteiger partial charge in [0.1, 0.15) is 5.82 Å². The smallest absolute Gasteiger partial charge is 0.228 e. The van der Waals surface area contributed by atoms with Crippen molar-refractivity contribution in [2.45, 2.75) is 33.1 Å². The van der Waals surface area contributed by atoms with E-state index in [1.54, 1.807) is 6.20 Å². The van der Waals surface area contributed by atoms with Gasteiger partial charge in [-0.2, -0.15) is 0 Å². The maximum absolute atomic E-state index is 12.3. The predicted octanol–water partition coefficient (Wildman–Crippen LogP) is 3.47. The number of hydrogen-bond acceptors (Lipinski definition) is 5. The Morgan fingerprint density at radius 3 is 2.68 bits per heavy atom. The number of hydrogen-bond donors (Lipinski definition) is 1. The molecule has 0 aromatic carbocycles. The van der Waals surface area contributed by atoms with E-state index in [2.05, 4.69) is 29.1 Å². The molecule has 22 heavy (non-hydrogen) atoms. The Bertz CT molecular complexity index is 579. The molecule has 0 unspecified atom stereocenters. The van der Waals surface area contributed by atoms with Gasteiger partial charge in [0.05, 0.1) is 12.1 Å². The minimum absolute atomic E-state index is 0.151. The van der Waals surface area contributed by atoms with Crippen LogP contribution in [0, 0.1) is 0 Å². The number of pyridine rings is 1. The van der Waals surface area contributed by atoms with Crippen LogP contribution in [0.15, 0.2) is 29.8 Å². The summed E-state index contributed by atoms with van der Waals surface area (Å²) < 4.78 is 0. The van der Waals surface area contributed by atoms with Crippen LogP contribution in [-0.4, -0.2) is 33.9 Å². The maximum Gasteiger partial charge on any atom is 0.228 e. The normalized spacial score (nSPS) is 10.5. The number of rotatable bonds is 8. The van der Waals surface area contributed by atoms with Gasteiger partial charge in [0, 0.05) is 24.7 Å². The molecule has 118 valence electrons. The molecule has 0 atom stereocenters. The summed E-state index contributed by atoms with van der Waals surface area (Å²) in [5.74, 6) is 0.909. The van der Waals surface area contributed by atoms with E-state index in [0.29, 0.717) is 6.42 Å². The van der Waals surface area contributed by atoms with E-state index in [1.165, 1.54) is 11.3 Å². The van der Waals surface area contributed by atoms with Gasteiger partial charge in [-0.15, -0.1) is 11.3 Å². The van der Waals surface area contributed by atoms with Crippen LogP contribution in [0.1, 0.15) is 32.4 Å². The molecule has 0 aliphatic rings. The van der Waals surface area contributed by atoms with E-state index in [0.717, 1.165) is 42.6 Å². The van der Waals surface area contributed by atoms with E-state index in [9.17, 15) is 4.79 Å². The van der Waals surface area contributed by atoms with Crippen LogP contribution in [0.2, 0.25) is 0 Å². The van der Waals surface area contributed by atoms with Crippen LogP contribution in [0.5, 0.6) is 0 Å². The van der Waals surface area contributed by atoms with Crippen molar-refractivity contribution in [1.29, 1.82) is 0 Å². The Morgan fingerprint density at radius 1 is 1.27 bits per heavy atom. The van der Waals surface area contributed by atoms with Gasteiger partial charge in [0.15, 0.2) is 5.13 Å². The van der Waals surface area contributed by atoms with Crippen molar-refractivity contribution in [2.24, 2.45) is 0 Å². The SMILES string of the molecule is CCCN(CCC)C(=O)Cc1csc(Nc2ccccn2)n1. The van der Waals surface area contributed by atoms with Gasteiger partial charge in [-0.3, -0.25) is 4.79 Å². The number of aromatic nitrogens is 2. The van der Waals surface area contributed by atoms with Gasteiger partial charge in [0.2, 0.25) is 5.91 Å². The van der Waals surface area contributed by atoms with Gasteiger partial charge in [-0.05, 0) is 25.0 Å². The summed E-state index contributed by atoms with van der Waals surface area (Å²) in [6, 6.07) is 5.67. The third kappa shape index (κ3) is 4.80. The van der Waals surface area contributed by atoms with Gasteiger partial charge in [-0.25, -0.2) is 9.97 Å². The topological polar surface area (TPSA) is 58.1 Å². The maximum atomic E-state index is 12.3. The largest absolute Gasteiger partial charge is 0.342 e. The van der Waals surface area contributed by atoms with E-state index < -0.39 is 0 Å². The molecule has 0 aliphatic heterocycles. The Morgan fingerprint density at radius 2 is 2.05 bits per heavy atom. The molecule has 0 saturated heterocycles. The second kappa shape index (κ2) is 8.48. The monoisotopic (exact) mass is 318 g/mol.